The molecule has 0 aliphatic carbocycles. The molecule has 0 N–H and O–H groups in total. The van der Waals surface area contributed by atoms with Crippen molar-refractivity contribution in [3.63, 3.8) is 0 Å². The summed E-state index contributed by atoms with van der Waals surface area (Å²) in [4.78, 5) is 12.1. The van der Waals surface area contributed by atoms with Gasteiger partial charge in [-0.15, -0.1) is 0 Å². The van der Waals surface area contributed by atoms with Crippen LogP contribution in [0, 0.1) is 5.92 Å². The Bertz CT molecular complexity index is 1050. The Hall–Kier alpha value is -2.57. The van der Waals surface area contributed by atoms with Crippen LogP contribution in [0.2, 0.25) is 0 Å². The van der Waals surface area contributed by atoms with E-state index in [1.807, 2.05) is 30.3 Å². The predicted molar refractivity (Wildman–Crippen MR) is 112 cm³/mol. The van der Waals surface area contributed by atoms with E-state index in [-0.39, 0.29) is 11.8 Å². The molecule has 1 aliphatic rings. The zero-order valence-corrected chi connectivity index (χ0v) is 17.3. The van der Waals surface area contributed by atoms with E-state index in [1.165, 1.54) is 0 Å². The van der Waals surface area contributed by atoms with Crippen LogP contribution in [0.1, 0.15) is 30.1 Å². The molecule has 2 aromatic carbocycles. The summed E-state index contributed by atoms with van der Waals surface area (Å²) < 4.78 is 20.7. The molecule has 1 aromatic heterocycles. The molecule has 0 radical (unpaired) electrons. The fraction of sp³-hybridized carbons (Fsp3) is 0.435. The number of hydrogen-bond donors (Lipinski definition) is 0. The third-order valence-electron chi connectivity index (χ3n) is 5.88. The molecule has 1 aliphatic heterocycles. The van der Waals surface area contributed by atoms with Crippen LogP contribution in [0.3, 0.4) is 0 Å². The summed E-state index contributed by atoms with van der Waals surface area (Å²) in [6.45, 7) is 2.04. The SMILES string of the molecule is COC(c1cccc(OCc2ccc3c(c2)n(C)c(=O)n3C)c1)C1CCOCC1. The van der Waals surface area contributed by atoms with Gasteiger partial charge in [-0.2, -0.15) is 0 Å². The molecular formula is C23H28N2O4. The van der Waals surface area contributed by atoms with Crippen molar-refractivity contribution in [1.29, 1.82) is 0 Å². The number of nitrogens with zero attached hydrogens (tertiary/aromatic N) is 2. The lowest BCUT2D eigenvalue weighted by atomic mass is 9.89. The lowest BCUT2D eigenvalue weighted by Crippen LogP contribution is -2.23. The summed E-state index contributed by atoms with van der Waals surface area (Å²) in [5, 5.41) is 0. The van der Waals surface area contributed by atoms with Crippen molar-refractivity contribution in [2.45, 2.75) is 25.6 Å². The number of ether oxygens (including phenoxy) is 3. The van der Waals surface area contributed by atoms with Crippen LogP contribution in [-0.2, 0) is 30.2 Å². The van der Waals surface area contributed by atoms with Crippen molar-refractivity contribution in [3.8, 4) is 5.75 Å². The molecule has 1 saturated heterocycles. The standard InChI is InChI=1S/C23H28N2O4/c1-24-20-8-7-16(13-21(20)25(2)23(24)26)15-29-19-6-4-5-18(14-19)22(27-3)17-9-11-28-12-10-17/h4-8,13-14,17,22H,9-12,15H2,1-3H3. The number of benzene rings is 2. The van der Waals surface area contributed by atoms with Crippen LogP contribution in [0.5, 0.6) is 5.75 Å². The summed E-state index contributed by atoms with van der Waals surface area (Å²) in [6.07, 6.45) is 2.08. The van der Waals surface area contributed by atoms with Gasteiger partial charge in [-0.1, -0.05) is 18.2 Å². The van der Waals surface area contributed by atoms with Crippen LogP contribution in [0.4, 0.5) is 0 Å². The Balaban J connectivity index is 1.50. The Labute approximate surface area is 170 Å². The lowest BCUT2D eigenvalue weighted by molar-refractivity contribution is -0.0145. The topological polar surface area (TPSA) is 54.6 Å². The third-order valence-corrected chi connectivity index (χ3v) is 5.88. The summed E-state index contributed by atoms with van der Waals surface area (Å²) in [7, 11) is 5.35. The molecule has 0 saturated carbocycles. The number of aromatic nitrogens is 2. The molecule has 6 nitrogen and oxygen atoms in total. The van der Waals surface area contributed by atoms with Gasteiger partial charge in [-0.3, -0.25) is 9.13 Å². The normalized spacial score (nSPS) is 16.2. The Kier molecular flexibility index (Phi) is 5.74. The quantitative estimate of drug-likeness (QED) is 0.639. The molecule has 1 unspecified atom stereocenters. The fourth-order valence-corrected chi connectivity index (χ4v) is 4.21. The van der Waals surface area contributed by atoms with Gasteiger partial charge in [-0.25, -0.2) is 4.79 Å². The summed E-state index contributed by atoms with van der Waals surface area (Å²) in [6, 6.07) is 14.1. The monoisotopic (exact) mass is 396 g/mol. The molecule has 1 fully saturated rings. The van der Waals surface area contributed by atoms with E-state index in [2.05, 4.69) is 12.1 Å². The Morgan fingerprint density at radius 2 is 1.83 bits per heavy atom. The first-order valence-corrected chi connectivity index (χ1v) is 10.1. The largest absolute Gasteiger partial charge is 0.489 e. The predicted octanol–water partition coefficient (Wildman–Crippen LogP) is 3.57. The van der Waals surface area contributed by atoms with Gasteiger partial charge in [-0.05, 0) is 54.2 Å². The van der Waals surface area contributed by atoms with Crippen molar-refractivity contribution in [2.75, 3.05) is 20.3 Å². The first-order chi connectivity index (χ1) is 14.1. The molecular weight excluding hydrogens is 368 g/mol. The highest BCUT2D eigenvalue weighted by Crippen LogP contribution is 2.34. The minimum atomic E-state index is -0.0236. The lowest BCUT2D eigenvalue weighted by Gasteiger charge is -2.29. The van der Waals surface area contributed by atoms with E-state index >= 15 is 0 Å². The molecule has 154 valence electrons. The Morgan fingerprint density at radius 3 is 2.59 bits per heavy atom. The maximum atomic E-state index is 12.1. The summed E-state index contributed by atoms with van der Waals surface area (Å²) in [5.41, 5.74) is 3.97. The minimum Gasteiger partial charge on any atom is -0.489 e. The number of methoxy groups -OCH3 is 1. The zero-order valence-electron chi connectivity index (χ0n) is 17.3. The maximum absolute atomic E-state index is 12.1. The molecule has 0 bridgehead atoms. The third kappa shape index (κ3) is 3.95. The van der Waals surface area contributed by atoms with E-state index in [1.54, 1.807) is 30.3 Å². The fourth-order valence-electron chi connectivity index (χ4n) is 4.21. The minimum absolute atomic E-state index is 0.0236. The van der Waals surface area contributed by atoms with E-state index in [0.717, 1.165) is 54.0 Å². The Morgan fingerprint density at radius 1 is 1.07 bits per heavy atom. The van der Waals surface area contributed by atoms with Crippen LogP contribution < -0.4 is 10.4 Å². The van der Waals surface area contributed by atoms with Gasteiger partial charge in [0.2, 0.25) is 0 Å². The molecule has 0 spiro atoms. The second kappa shape index (κ2) is 8.43. The van der Waals surface area contributed by atoms with E-state index in [4.69, 9.17) is 14.2 Å². The average molecular weight is 396 g/mol. The van der Waals surface area contributed by atoms with Gasteiger partial charge < -0.3 is 14.2 Å². The van der Waals surface area contributed by atoms with Crippen molar-refractivity contribution in [2.24, 2.45) is 20.0 Å². The van der Waals surface area contributed by atoms with Crippen LogP contribution in [0.25, 0.3) is 11.0 Å². The van der Waals surface area contributed by atoms with E-state index < -0.39 is 0 Å². The van der Waals surface area contributed by atoms with Crippen molar-refractivity contribution in [1.82, 2.24) is 9.13 Å². The van der Waals surface area contributed by atoms with E-state index in [9.17, 15) is 4.79 Å². The summed E-state index contributed by atoms with van der Waals surface area (Å²) >= 11 is 0. The second-order valence-electron chi connectivity index (χ2n) is 7.69. The summed E-state index contributed by atoms with van der Waals surface area (Å²) in [5.74, 6) is 1.28. The molecule has 6 heteroatoms. The van der Waals surface area contributed by atoms with E-state index in [0.29, 0.717) is 12.5 Å². The smallest absolute Gasteiger partial charge is 0.328 e. The number of imidazole rings is 1. The number of rotatable bonds is 6. The maximum Gasteiger partial charge on any atom is 0.328 e. The molecule has 1 atom stereocenters. The van der Waals surface area contributed by atoms with Gasteiger partial charge in [0.25, 0.3) is 0 Å². The van der Waals surface area contributed by atoms with Crippen LogP contribution in [-0.4, -0.2) is 29.5 Å². The first kappa shape index (κ1) is 19.7. The number of aryl methyl sites for hydroxylation is 2. The highest BCUT2D eigenvalue weighted by atomic mass is 16.5. The molecule has 2 heterocycles. The molecule has 0 amide bonds. The van der Waals surface area contributed by atoms with Gasteiger partial charge in [0.15, 0.2) is 0 Å². The van der Waals surface area contributed by atoms with Gasteiger partial charge >= 0.3 is 5.69 Å². The number of hydrogen-bond acceptors (Lipinski definition) is 4. The van der Waals surface area contributed by atoms with Crippen molar-refractivity contribution in [3.05, 3.63) is 64.1 Å². The van der Waals surface area contributed by atoms with Gasteiger partial charge in [0.1, 0.15) is 12.4 Å². The average Bonchev–Trinajstić information content (AvgIpc) is 2.98. The highest BCUT2D eigenvalue weighted by Gasteiger charge is 2.25. The van der Waals surface area contributed by atoms with Gasteiger partial charge in [0, 0.05) is 34.4 Å². The highest BCUT2D eigenvalue weighted by molar-refractivity contribution is 5.76. The molecule has 4 rings (SSSR count). The zero-order chi connectivity index (χ0) is 20.4. The second-order valence-corrected chi connectivity index (χ2v) is 7.69. The van der Waals surface area contributed by atoms with Crippen LogP contribution >= 0.6 is 0 Å². The van der Waals surface area contributed by atoms with Crippen LogP contribution in [0.15, 0.2) is 47.3 Å². The number of fused-ring (bicyclic) bond motifs is 1. The molecule has 29 heavy (non-hydrogen) atoms. The van der Waals surface area contributed by atoms with Crippen molar-refractivity contribution < 1.29 is 14.2 Å². The first-order valence-electron chi connectivity index (χ1n) is 10.1. The van der Waals surface area contributed by atoms with Gasteiger partial charge in [0.05, 0.1) is 17.1 Å². The van der Waals surface area contributed by atoms with Crippen molar-refractivity contribution >= 4 is 11.0 Å². The molecule has 3 aromatic rings.